The normalized spacial score (nSPS) is 16.0. The number of ether oxygens (including phenoxy) is 2. The number of hydrogen-bond acceptors (Lipinski definition) is 8. The van der Waals surface area contributed by atoms with Crippen molar-refractivity contribution < 1.29 is 36.2 Å². The predicted octanol–water partition coefficient (Wildman–Crippen LogP) is 0.652. The maximum atomic E-state index is 13.2. The van der Waals surface area contributed by atoms with Crippen molar-refractivity contribution in [3.63, 3.8) is 0 Å². The molecule has 0 unspecified atom stereocenters. The first-order valence-corrected chi connectivity index (χ1v) is 14.6. The van der Waals surface area contributed by atoms with Crippen LogP contribution < -0.4 is 14.8 Å². The Kier molecular flexibility index (Phi) is 9.18. The molecule has 3 rings (SSSR count). The van der Waals surface area contributed by atoms with E-state index in [4.69, 9.17) is 9.47 Å². The van der Waals surface area contributed by atoms with E-state index in [9.17, 15) is 26.7 Å². The summed E-state index contributed by atoms with van der Waals surface area (Å²) in [4.78, 5) is 12.9. The number of nitrogens with one attached hydrogen (secondary N) is 1. The third kappa shape index (κ3) is 7.20. The SMILES string of the molecule is C[C@H](CS(=O)(=O)N(C)C)C(=O)N[C@@H](Cc1ccccc1)[C@H](O)CN(C)S(=O)(=O)c1ccc2c(c1)OCO2. The molecule has 0 radical (unpaired) electrons. The molecule has 0 saturated carbocycles. The van der Waals surface area contributed by atoms with E-state index in [-0.39, 0.29) is 24.7 Å². The predicted molar refractivity (Wildman–Crippen MR) is 137 cm³/mol. The highest BCUT2D eigenvalue weighted by atomic mass is 32.2. The van der Waals surface area contributed by atoms with Crippen LogP contribution in [0.1, 0.15) is 12.5 Å². The summed E-state index contributed by atoms with van der Waals surface area (Å²) in [6.45, 7) is 1.17. The lowest BCUT2D eigenvalue weighted by atomic mass is 10.00. The number of likely N-dealkylation sites (N-methyl/N-ethyl adjacent to an activating group) is 1. The number of benzene rings is 2. The summed E-state index contributed by atoms with van der Waals surface area (Å²) in [5.74, 6) is -1.11. The summed E-state index contributed by atoms with van der Waals surface area (Å²) in [7, 11) is -3.52. The molecule has 0 spiro atoms. The van der Waals surface area contributed by atoms with Crippen LogP contribution in [0.4, 0.5) is 0 Å². The summed E-state index contributed by atoms with van der Waals surface area (Å²) in [5, 5.41) is 13.8. The largest absolute Gasteiger partial charge is 0.454 e. The van der Waals surface area contributed by atoms with E-state index >= 15 is 0 Å². The van der Waals surface area contributed by atoms with Gasteiger partial charge in [0.1, 0.15) is 0 Å². The van der Waals surface area contributed by atoms with Crippen molar-refractivity contribution in [1.29, 1.82) is 0 Å². The lowest BCUT2D eigenvalue weighted by Crippen LogP contribution is -2.51. The molecule has 1 aliphatic rings. The molecule has 0 bridgehead atoms. The van der Waals surface area contributed by atoms with Gasteiger partial charge in [-0.3, -0.25) is 4.79 Å². The Labute approximate surface area is 218 Å². The van der Waals surface area contributed by atoms with Crippen LogP contribution in [0.5, 0.6) is 11.5 Å². The summed E-state index contributed by atoms with van der Waals surface area (Å²) < 4.78 is 63.3. The van der Waals surface area contributed by atoms with Crippen molar-refractivity contribution in [2.75, 3.05) is 40.2 Å². The molecule has 0 saturated heterocycles. The zero-order valence-electron chi connectivity index (χ0n) is 21.2. The van der Waals surface area contributed by atoms with Gasteiger partial charge in [0.2, 0.25) is 32.7 Å². The van der Waals surface area contributed by atoms with Crippen LogP contribution in [0.3, 0.4) is 0 Å². The number of hydrogen-bond donors (Lipinski definition) is 2. The number of amides is 1. The van der Waals surface area contributed by atoms with Gasteiger partial charge in [0.05, 0.1) is 28.7 Å². The van der Waals surface area contributed by atoms with Crippen LogP contribution in [0, 0.1) is 5.92 Å². The van der Waals surface area contributed by atoms with Crippen molar-refractivity contribution in [3.8, 4) is 11.5 Å². The number of sulfonamides is 2. The average molecular weight is 556 g/mol. The minimum Gasteiger partial charge on any atom is -0.454 e. The van der Waals surface area contributed by atoms with Gasteiger partial charge in [0, 0.05) is 33.8 Å². The molecule has 2 aromatic rings. The molecule has 2 N–H and O–H groups in total. The van der Waals surface area contributed by atoms with Gasteiger partial charge in [-0.2, -0.15) is 4.31 Å². The topological polar surface area (TPSA) is 143 Å². The fourth-order valence-corrected chi connectivity index (χ4v) is 6.01. The molecule has 37 heavy (non-hydrogen) atoms. The third-order valence-corrected chi connectivity index (χ3v) is 9.90. The number of nitrogens with zero attached hydrogens (tertiary/aromatic N) is 2. The second kappa shape index (κ2) is 11.8. The number of aliphatic hydroxyl groups is 1. The minimum absolute atomic E-state index is 0.00250. The van der Waals surface area contributed by atoms with Crippen molar-refractivity contribution in [1.82, 2.24) is 13.9 Å². The van der Waals surface area contributed by atoms with Crippen LogP contribution in [0.15, 0.2) is 53.4 Å². The molecule has 1 amide bonds. The molecular weight excluding hydrogens is 522 g/mol. The molecule has 1 aliphatic heterocycles. The van der Waals surface area contributed by atoms with Gasteiger partial charge in [-0.1, -0.05) is 37.3 Å². The molecule has 2 aromatic carbocycles. The second-order valence-electron chi connectivity index (χ2n) is 9.13. The van der Waals surface area contributed by atoms with E-state index in [1.54, 1.807) is 0 Å². The fraction of sp³-hybridized carbons (Fsp3) is 0.458. The van der Waals surface area contributed by atoms with E-state index < -0.39 is 49.8 Å². The van der Waals surface area contributed by atoms with Crippen LogP contribution >= 0.6 is 0 Å². The van der Waals surface area contributed by atoms with E-state index in [0.717, 1.165) is 14.2 Å². The zero-order chi connectivity index (χ0) is 27.4. The fourth-order valence-electron chi connectivity index (χ4n) is 3.72. The van der Waals surface area contributed by atoms with Crippen molar-refractivity contribution in [3.05, 3.63) is 54.1 Å². The van der Waals surface area contributed by atoms with Gasteiger partial charge >= 0.3 is 0 Å². The zero-order valence-corrected chi connectivity index (χ0v) is 22.8. The molecule has 0 aliphatic carbocycles. The van der Waals surface area contributed by atoms with Crippen LogP contribution in [0.25, 0.3) is 0 Å². The van der Waals surface area contributed by atoms with Crippen molar-refractivity contribution in [2.24, 2.45) is 5.92 Å². The molecule has 13 heteroatoms. The van der Waals surface area contributed by atoms with Gasteiger partial charge in [0.15, 0.2) is 11.5 Å². The Bertz CT molecular complexity index is 1300. The van der Waals surface area contributed by atoms with Crippen LogP contribution in [-0.2, 0) is 31.3 Å². The van der Waals surface area contributed by atoms with Crippen molar-refractivity contribution in [2.45, 2.75) is 30.4 Å². The lowest BCUT2D eigenvalue weighted by Gasteiger charge is -2.29. The van der Waals surface area contributed by atoms with Gasteiger partial charge < -0.3 is 19.9 Å². The first-order valence-electron chi connectivity index (χ1n) is 11.6. The van der Waals surface area contributed by atoms with Crippen molar-refractivity contribution >= 4 is 26.0 Å². The van der Waals surface area contributed by atoms with Crippen LogP contribution in [0.2, 0.25) is 0 Å². The lowest BCUT2D eigenvalue weighted by molar-refractivity contribution is -0.125. The first kappa shape index (κ1) is 28.9. The second-order valence-corrected chi connectivity index (χ2v) is 13.4. The molecule has 1 heterocycles. The summed E-state index contributed by atoms with van der Waals surface area (Å²) in [5.41, 5.74) is 0.807. The maximum Gasteiger partial charge on any atom is 0.243 e. The van der Waals surface area contributed by atoms with Gasteiger partial charge in [0.25, 0.3) is 0 Å². The standard InChI is InChI=1S/C24H33N3O8S2/c1-17(15-36(30,31)26(2)3)24(29)25-20(12-18-8-6-5-7-9-18)21(28)14-27(4)37(32,33)19-10-11-22-23(13-19)35-16-34-22/h5-11,13,17,20-21,28H,12,14-16H2,1-4H3,(H,25,29)/t17-,20+,21-/m1/s1. The monoisotopic (exact) mass is 555 g/mol. The number of fused-ring (bicyclic) bond motifs is 1. The number of carbonyl (C=O) groups is 1. The highest BCUT2D eigenvalue weighted by Crippen LogP contribution is 2.34. The molecule has 0 fully saturated rings. The first-order chi connectivity index (χ1) is 17.3. The highest BCUT2D eigenvalue weighted by Gasteiger charge is 2.31. The maximum absolute atomic E-state index is 13.2. The minimum atomic E-state index is -4.00. The Balaban J connectivity index is 1.76. The van der Waals surface area contributed by atoms with Gasteiger partial charge in [-0.25, -0.2) is 21.1 Å². The third-order valence-electron chi connectivity index (χ3n) is 6.05. The smallest absolute Gasteiger partial charge is 0.243 e. The summed E-state index contributed by atoms with van der Waals surface area (Å²) >= 11 is 0. The Morgan fingerprint density at radius 3 is 2.32 bits per heavy atom. The average Bonchev–Trinajstić information content (AvgIpc) is 3.31. The van der Waals surface area contributed by atoms with Gasteiger partial charge in [-0.15, -0.1) is 0 Å². The molecule has 3 atom stereocenters. The Hall–Kier alpha value is -2.71. The Morgan fingerprint density at radius 1 is 1.03 bits per heavy atom. The number of rotatable bonds is 12. The highest BCUT2D eigenvalue weighted by molar-refractivity contribution is 7.89. The molecule has 0 aromatic heterocycles. The van der Waals surface area contributed by atoms with Gasteiger partial charge in [-0.05, 0) is 24.1 Å². The molecule has 204 valence electrons. The molecular formula is C24H33N3O8S2. The van der Waals surface area contributed by atoms with E-state index in [1.807, 2.05) is 30.3 Å². The Morgan fingerprint density at radius 2 is 1.68 bits per heavy atom. The van der Waals surface area contributed by atoms with E-state index in [2.05, 4.69) is 5.32 Å². The van der Waals surface area contributed by atoms with E-state index in [0.29, 0.717) is 11.5 Å². The summed E-state index contributed by atoms with van der Waals surface area (Å²) in [6.07, 6.45) is -1.09. The van der Waals surface area contributed by atoms with E-state index in [1.165, 1.54) is 46.3 Å². The number of aliphatic hydroxyl groups excluding tert-OH is 1. The summed E-state index contributed by atoms with van der Waals surface area (Å²) in [6, 6.07) is 12.4. The number of carbonyl (C=O) groups excluding carboxylic acids is 1. The van der Waals surface area contributed by atoms with Crippen LogP contribution in [-0.4, -0.2) is 88.8 Å². The quantitative estimate of drug-likeness (QED) is 0.389. The molecule has 11 nitrogen and oxygen atoms in total.